The van der Waals surface area contributed by atoms with Gasteiger partial charge < -0.3 is 20.4 Å². The standard InChI is InChI=1S/C4H7NO3S.Na/c1-2(3(6)7)8-4(5)9;/h2H,1H3,(H2,5,9)(H,6,7);/q;+1/p-1/t2-;/m0./s1. The van der Waals surface area contributed by atoms with Crippen molar-refractivity contribution < 1.29 is 44.2 Å². The molecule has 0 aliphatic rings. The summed E-state index contributed by atoms with van der Waals surface area (Å²) in [6.45, 7) is 1.29. The molecule has 52 valence electrons. The van der Waals surface area contributed by atoms with Crippen LogP contribution in [0.3, 0.4) is 0 Å². The van der Waals surface area contributed by atoms with Crippen LogP contribution in [-0.4, -0.2) is 17.2 Å². The summed E-state index contributed by atoms with van der Waals surface area (Å²) in [6, 6.07) is 0. The Bertz CT molecular complexity index is 140. The van der Waals surface area contributed by atoms with Crippen molar-refractivity contribution in [2.45, 2.75) is 13.0 Å². The van der Waals surface area contributed by atoms with Gasteiger partial charge in [0.25, 0.3) is 5.17 Å². The normalized spacial score (nSPS) is 10.9. The fraction of sp³-hybridized carbons (Fsp3) is 0.500. The Morgan fingerprint density at radius 3 is 2.30 bits per heavy atom. The average molecular weight is 171 g/mol. The Morgan fingerprint density at radius 1 is 1.80 bits per heavy atom. The molecule has 0 heterocycles. The number of ether oxygens (including phenoxy) is 1. The van der Waals surface area contributed by atoms with Crippen molar-refractivity contribution in [1.82, 2.24) is 0 Å². The quantitative estimate of drug-likeness (QED) is 0.334. The minimum atomic E-state index is -1.33. The molecular formula is C4H6NNaO3S. The molecule has 4 nitrogen and oxygen atoms in total. The molecule has 0 unspecified atom stereocenters. The second kappa shape index (κ2) is 5.91. The van der Waals surface area contributed by atoms with Crippen LogP contribution in [0.5, 0.6) is 0 Å². The largest absolute Gasteiger partial charge is 1.00 e. The van der Waals surface area contributed by atoms with E-state index >= 15 is 0 Å². The molecular weight excluding hydrogens is 165 g/mol. The molecule has 0 bridgehead atoms. The minimum absolute atomic E-state index is 0. The number of carbonyl (C=O) groups is 1. The van der Waals surface area contributed by atoms with Crippen LogP contribution in [0.2, 0.25) is 0 Å². The fourth-order valence-electron chi connectivity index (χ4n) is 0.222. The van der Waals surface area contributed by atoms with Crippen molar-refractivity contribution in [2.24, 2.45) is 5.73 Å². The zero-order valence-electron chi connectivity index (χ0n) is 5.79. The summed E-state index contributed by atoms with van der Waals surface area (Å²) < 4.78 is 4.36. The molecule has 0 aliphatic heterocycles. The molecule has 0 rings (SSSR count). The van der Waals surface area contributed by atoms with Gasteiger partial charge in [-0.1, -0.05) is 0 Å². The summed E-state index contributed by atoms with van der Waals surface area (Å²) in [6.07, 6.45) is -1.07. The van der Waals surface area contributed by atoms with Gasteiger partial charge in [0.1, 0.15) is 6.10 Å². The number of hydrogen-bond donors (Lipinski definition) is 1. The first kappa shape index (κ1) is 12.8. The van der Waals surface area contributed by atoms with E-state index in [-0.39, 0.29) is 34.7 Å². The van der Waals surface area contributed by atoms with Crippen LogP contribution in [0, 0.1) is 0 Å². The summed E-state index contributed by atoms with van der Waals surface area (Å²) in [4.78, 5) is 9.88. The van der Waals surface area contributed by atoms with E-state index < -0.39 is 12.1 Å². The number of thiocarbonyl (C=S) groups is 1. The van der Waals surface area contributed by atoms with Crippen LogP contribution < -0.4 is 40.4 Å². The molecule has 0 fully saturated rings. The van der Waals surface area contributed by atoms with Crippen LogP contribution in [0.25, 0.3) is 0 Å². The van der Waals surface area contributed by atoms with Crippen molar-refractivity contribution in [3.05, 3.63) is 0 Å². The van der Waals surface area contributed by atoms with E-state index in [0.717, 1.165) is 0 Å². The van der Waals surface area contributed by atoms with E-state index in [9.17, 15) is 9.90 Å². The SMILES string of the molecule is C[C@H](OC(N)=S)C(=O)[O-].[Na+]. The number of carbonyl (C=O) groups excluding carboxylic acids is 1. The third kappa shape index (κ3) is 6.28. The first-order chi connectivity index (χ1) is 4.04. The van der Waals surface area contributed by atoms with Crippen molar-refractivity contribution in [2.75, 3.05) is 0 Å². The Kier molecular flexibility index (Phi) is 7.56. The number of carboxylic acids is 1. The Hall–Kier alpha value is 0.160. The molecule has 0 saturated carbocycles. The van der Waals surface area contributed by atoms with Crippen LogP contribution in [0.4, 0.5) is 0 Å². The van der Waals surface area contributed by atoms with E-state index in [0.29, 0.717) is 0 Å². The summed E-state index contributed by atoms with van der Waals surface area (Å²) in [7, 11) is 0. The molecule has 10 heavy (non-hydrogen) atoms. The molecule has 0 aromatic rings. The summed E-state index contributed by atoms with van der Waals surface area (Å²) in [5.74, 6) is -1.33. The van der Waals surface area contributed by atoms with Crippen molar-refractivity contribution in [1.29, 1.82) is 0 Å². The topological polar surface area (TPSA) is 75.4 Å². The van der Waals surface area contributed by atoms with Crippen LogP contribution in [0.1, 0.15) is 6.92 Å². The summed E-state index contributed by atoms with van der Waals surface area (Å²) >= 11 is 4.26. The Morgan fingerprint density at radius 2 is 2.20 bits per heavy atom. The maximum atomic E-state index is 9.88. The molecule has 0 saturated heterocycles. The van der Waals surface area contributed by atoms with Crippen LogP contribution in [-0.2, 0) is 9.53 Å². The van der Waals surface area contributed by atoms with Gasteiger partial charge in [-0.3, -0.25) is 0 Å². The molecule has 0 amide bonds. The molecule has 0 aromatic carbocycles. The number of rotatable bonds is 2. The number of carboxylic acid groups (broad SMARTS) is 1. The van der Waals surface area contributed by atoms with Gasteiger partial charge in [0, 0.05) is 0 Å². The zero-order valence-corrected chi connectivity index (χ0v) is 8.60. The average Bonchev–Trinajstić information content (AvgIpc) is 1.63. The van der Waals surface area contributed by atoms with Gasteiger partial charge in [-0.05, 0) is 19.1 Å². The third-order valence-corrected chi connectivity index (χ3v) is 0.721. The summed E-state index contributed by atoms with van der Waals surface area (Å²) in [5.41, 5.74) is 4.85. The zero-order chi connectivity index (χ0) is 7.44. The molecule has 0 spiro atoms. The smallest absolute Gasteiger partial charge is 0.546 e. The van der Waals surface area contributed by atoms with Crippen LogP contribution >= 0.6 is 12.2 Å². The van der Waals surface area contributed by atoms with E-state index in [1.54, 1.807) is 0 Å². The van der Waals surface area contributed by atoms with Gasteiger partial charge in [-0.2, -0.15) is 0 Å². The molecule has 6 heteroatoms. The van der Waals surface area contributed by atoms with E-state index in [1.165, 1.54) is 6.92 Å². The molecule has 1 atom stereocenters. The van der Waals surface area contributed by atoms with Gasteiger partial charge in [-0.15, -0.1) is 0 Å². The second-order valence-electron chi connectivity index (χ2n) is 1.40. The Balaban J connectivity index is 0. The van der Waals surface area contributed by atoms with Gasteiger partial charge in [0.2, 0.25) is 0 Å². The first-order valence-corrected chi connectivity index (χ1v) is 2.62. The van der Waals surface area contributed by atoms with E-state index in [1.807, 2.05) is 0 Å². The number of aliphatic carboxylic acids is 1. The predicted molar refractivity (Wildman–Crippen MR) is 32.3 cm³/mol. The monoisotopic (exact) mass is 171 g/mol. The van der Waals surface area contributed by atoms with Gasteiger partial charge >= 0.3 is 29.6 Å². The predicted octanol–water partition coefficient (Wildman–Crippen LogP) is -4.61. The maximum absolute atomic E-state index is 9.88. The number of nitrogens with two attached hydrogens (primary N) is 1. The molecule has 0 aliphatic carbocycles. The number of hydrogen-bond acceptors (Lipinski definition) is 4. The van der Waals surface area contributed by atoms with Crippen LogP contribution in [0.15, 0.2) is 0 Å². The molecule has 2 N–H and O–H groups in total. The van der Waals surface area contributed by atoms with Gasteiger partial charge in [0.15, 0.2) is 0 Å². The van der Waals surface area contributed by atoms with Crippen molar-refractivity contribution in [3.63, 3.8) is 0 Å². The van der Waals surface area contributed by atoms with Crippen molar-refractivity contribution in [3.8, 4) is 0 Å². The van der Waals surface area contributed by atoms with E-state index in [2.05, 4.69) is 17.0 Å². The van der Waals surface area contributed by atoms with Crippen molar-refractivity contribution >= 4 is 23.4 Å². The summed E-state index contributed by atoms with van der Waals surface area (Å²) in [5, 5.41) is 9.60. The maximum Gasteiger partial charge on any atom is 1.00 e. The molecule has 0 radical (unpaired) electrons. The van der Waals surface area contributed by atoms with E-state index in [4.69, 9.17) is 5.73 Å². The third-order valence-electron chi connectivity index (χ3n) is 0.625. The molecule has 0 aromatic heterocycles. The second-order valence-corrected chi connectivity index (χ2v) is 1.80. The van der Waals surface area contributed by atoms with Gasteiger partial charge in [0.05, 0.1) is 5.97 Å². The fourth-order valence-corrected chi connectivity index (χ4v) is 0.367. The minimum Gasteiger partial charge on any atom is -0.546 e. The first-order valence-electron chi connectivity index (χ1n) is 2.21. The van der Waals surface area contributed by atoms with Gasteiger partial charge in [-0.25, -0.2) is 0 Å². The Labute approximate surface area is 86.0 Å².